The van der Waals surface area contributed by atoms with Crippen LogP contribution >= 0.6 is 0 Å². The topological polar surface area (TPSA) is 51.4 Å². The first-order valence-electron chi connectivity index (χ1n) is 6.37. The maximum Gasteiger partial charge on any atom is 0.128 e. The highest BCUT2D eigenvalue weighted by Crippen LogP contribution is 2.48. The molecule has 2 aliphatic rings. The fraction of sp³-hybridized carbons (Fsp3) is 0.615. The molecule has 0 bridgehead atoms. The van der Waals surface area contributed by atoms with Gasteiger partial charge in [-0.05, 0) is 37.3 Å². The molecule has 0 atom stereocenters. The van der Waals surface area contributed by atoms with E-state index in [1.54, 1.807) is 0 Å². The molecule has 4 heteroatoms. The maximum absolute atomic E-state index is 5.19. The Morgan fingerprint density at radius 1 is 1.29 bits per heavy atom. The van der Waals surface area contributed by atoms with Gasteiger partial charge in [0.2, 0.25) is 0 Å². The van der Waals surface area contributed by atoms with Gasteiger partial charge in [-0.3, -0.25) is 0 Å². The fourth-order valence-electron chi connectivity index (χ4n) is 2.66. The average Bonchev–Trinajstić information content (AvgIpc) is 2.94. The molecule has 0 unspecified atom stereocenters. The minimum atomic E-state index is 0.158. The molecule has 3 rings (SSSR count). The predicted octanol–water partition coefficient (Wildman–Crippen LogP) is 1.60. The first kappa shape index (κ1) is 11.0. The molecule has 0 spiro atoms. The molecule has 0 amide bonds. The maximum atomic E-state index is 5.19. The molecule has 2 heterocycles. The standard InChI is InChI=1S/C13H19N3O/c14-17-10-13(5-6-13)11-3-4-12(15-9-11)16-7-1-2-8-16/h3-4,9H,1-2,5-8,10,14H2. The summed E-state index contributed by atoms with van der Waals surface area (Å²) in [5.41, 5.74) is 1.43. The lowest BCUT2D eigenvalue weighted by Crippen LogP contribution is -2.21. The zero-order chi connectivity index (χ0) is 11.7. The summed E-state index contributed by atoms with van der Waals surface area (Å²) in [6.07, 6.45) is 6.90. The molecule has 1 aliphatic heterocycles. The molecular weight excluding hydrogens is 214 g/mol. The van der Waals surface area contributed by atoms with Crippen molar-refractivity contribution in [2.24, 2.45) is 5.90 Å². The average molecular weight is 233 g/mol. The second-order valence-electron chi connectivity index (χ2n) is 5.19. The number of hydrogen-bond acceptors (Lipinski definition) is 4. The summed E-state index contributed by atoms with van der Waals surface area (Å²) in [6.45, 7) is 2.89. The quantitative estimate of drug-likeness (QED) is 0.803. The summed E-state index contributed by atoms with van der Waals surface area (Å²) >= 11 is 0. The van der Waals surface area contributed by atoms with Crippen LogP contribution in [0.4, 0.5) is 5.82 Å². The van der Waals surface area contributed by atoms with Crippen LogP contribution in [0.25, 0.3) is 0 Å². The highest BCUT2D eigenvalue weighted by molar-refractivity contribution is 5.42. The lowest BCUT2D eigenvalue weighted by atomic mass is 9.99. The van der Waals surface area contributed by atoms with Crippen molar-refractivity contribution in [2.75, 3.05) is 24.6 Å². The zero-order valence-corrected chi connectivity index (χ0v) is 10.1. The number of anilines is 1. The van der Waals surface area contributed by atoms with Gasteiger partial charge in [-0.2, -0.15) is 0 Å². The van der Waals surface area contributed by atoms with Crippen LogP contribution in [-0.4, -0.2) is 24.7 Å². The number of nitrogens with two attached hydrogens (primary N) is 1. The second kappa shape index (κ2) is 4.27. The first-order valence-corrected chi connectivity index (χ1v) is 6.37. The molecule has 0 radical (unpaired) electrons. The van der Waals surface area contributed by atoms with Crippen LogP contribution in [-0.2, 0) is 10.3 Å². The minimum absolute atomic E-state index is 0.158. The van der Waals surface area contributed by atoms with Crippen LogP contribution in [0.1, 0.15) is 31.2 Å². The Morgan fingerprint density at radius 3 is 2.59 bits per heavy atom. The largest absolute Gasteiger partial charge is 0.357 e. The van der Waals surface area contributed by atoms with Gasteiger partial charge >= 0.3 is 0 Å². The van der Waals surface area contributed by atoms with Crippen LogP contribution in [0.15, 0.2) is 18.3 Å². The van der Waals surface area contributed by atoms with E-state index in [0.29, 0.717) is 6.61 Å². The molecule has 1 aromatic rings. The van der Waals surface area contributed by atoms with Crippen molar-refractivity contribution in [3.63, 3.8) is 0 Å². The summed E-state index contributed by atoms with van der Waals surface area (Å²) in [5, 5.41) is 0. The predicted molar refractivity (Wildman–Crippen MR) is 66.7 cm³/mol. The fourth-order valence-corrected chi connectivity index (χ4v) is 2.66. The molecule has 1 saturated carbocycles. The number of rotatable bonds is 4. The van der Waals surface area contributed by atoms with Crippen molar-refractivity contribution < 1.29 is 4.84 Å². The van der Waals surface area contributed by atoms with Gasteiger partial charge in [0.25, 0.3) is 0 Å². The van der Waals surface area contributed by atoms with E-state index < -0.39 is 0 Å². The van der Waals surface area contributed by atoms with Gasteiger partial charge in [-0.15, -0.1) is 0 Å². The van der Waals surface area contributed by atoms with Gasteiger partial charge in [0, 0.05) is 24.7 Å². The van der Waals surface area contributed by atoms with E-state index in [1.165, 1.54) is 18.4 Å². The SMILES string of the molecule is NOCC1(c2ccc(N3CCCC3)nc2)CC1. The molecule has 1 saturated heterocycles. The van der Waals surface area contributed by atoms with Crippen LogP contribution in [0.3, 0.4) is 0 Å². The van der Waals surface area contributed by atoms with Crippen LogP contribution in [0.2, 0.25) is 0 Å². The summed E-state index contributed by atoms with van der Waals surface area (Å²) in [5.74, 6) is 6.30. The number of aromatic nitrogens is 1. The van der Waals surface area contributed by atoms with Crippen molar-refractivity contribution in [2.45, 2.75) is 31.1 Å². The monoisotopic (exact) mass is 233 g/mol. The Bertz CT molecular complexity index is 380. The molecule has 17 heavy (non-hydrogen) atoms. The molecule has 92 valence electrons. The van der Waals surface area contributed by atoms with Crippen molar-refractivity contribution in [1.29, 1.82) is 0 Å². The van der Waals surface area contributed by atoms with Gasteiger partial charge in [-0.1, -0.05) is 6.07 Å². The molecular formula is C13H19N3O. The third kappa shape index (κ3) is 2.03. The highest BCUT2D eigenvalue weighted by Gasteiger charge is 2.44. The summed E-state index contributed by atoms with van der Waals surface area (Å²) in [4.78, 5) is 11.7. The van der Waals surface area contributed by atoms with E-state index in [1.807, 2.05) is 6.20 Å². The number of pyridine rings is 1. The minimum Gasteiger partial charge on any atom is -0.357 e. The van der Waals surface area contributed by atoms with E-state index in [9.17, 15) is 0 Å². The van der Waals surface area contributed by atoms with Crippen LogP contribution < -0.4 is 10.8 Å². The number of nitrogens with zero attached hydrogens (tertiary/aromatic N) is 2. The second-order valence-corrected chi connectivity index (χ2v) is 5.19. The highest BCUT2D eigenvalue weighted by atomic mass is 16.6. The lowest BCUT2D eigenvalue weighted by molar-refractivity contribution is 0.116. The molecule has 2 N–H and O–H groups in total. The summed E-state index contributed by atoms with van der Waals surface area (Å²) in [7, 11) is 0. The van der Waals surface area contributed by atoms with Crippen molar-refractivity contribution in [1.82, 2.24) is 4.98 Å². The lowest BCUT2D eigenvalue weighted by Gasteiger charge is -2.18. The van der Waals surface area contributed by atoms with E-state index >= 15 is 0 Å². The van der Waals surface area contributed by atoms with Crippen molar-refractivity contribution >= 4 is 5.82 Å². The van der Waals surface area contributed by atoms with Gasteiger partial charge in [0.1, 0.15) is 5.82 Å². The summed E-state index contributed by atoms with van der Waals surface area (Å²) < 4.78 is 0. The van der Waals surface area contributed by atoms with Crippen LogP contribution in [0, 0.1) is 0 Å². The third-order valence-corrected chi connectivity index (χ3v) is 4.00. The van der Waals surface area contributed by atoms with Gasteiger partial charge in [0.15, 0.2) is 0 Å². The Kier molecular flexibility index (Phi) is 2.76. The normalized spacial score (nSPS) is 21.8. The van der Waals surface area contributed by atoms with Crippen molar-refractivity contribution in [3.05, 3.63) is 23.9 Å². The smallest absolute Gasteiger partial charge is 0.128 e. The van der Waals surface area contributed by atoms with Crippen molar-refractivity contribution in [3.8, 4) is 0 Å². The molecule has 4 nitrogen and oxygen atoms in total. The molecule has 1 aromatic heterocycles. The Balaban J connectivity index is 1.76. The van der Waals surface area contributed by atoms with Crippen LogP contribution in [0.5, 0.6) is 0 Å². The Labute approximate surface area is 102 Å². The van der Waals surface area contributed by atoms with E-state index in [-0.39, 0.29) is 5.41 Å². The Hall–Kier alpha value is -1.13. The van der Waals surface area contributed by atoms with E-state index in [0.717, 1.165) is 31.7 Å². The Morgan fingerprint density at radius 2 is 2.06 bits per heavy atom. The van der Waals surface area contributed by atoms with E-state index in [2.05, 4.69) is 22.0 Å². The van der Waals surface area contributed by atoms with Gasteiger partial charge in [0.05, 0.1) is 6.61 Å². The molecule has 1 aliphatic carbocycles. The third-order valence-electron chi connectivity index (χ3n) is 4.00. The zero-order valence-electron chi connectivity index (χ0n) is 10.1. The van der Waals surface area contributed by atoms with E-state index in [4.69, 9.17) is 10.7 Å². The summed E-state index contributed by atoms with van der Waals surface area (Å²) in [6, 6.07) is 4.32. The number of hydrogen-bond donors (Lipinski definition) is 1. The van der Waals surface area contributed by atoms with Gasteiger partial charge in [-0.25, -0.2) is 10.9 Å². The molecule has 0 aromatic carbocycles. The molecule has 2 fully saturated rings. The first-order chi connectivity index (χ1) is 8.34. The van der Waals surface area contributed by atoms with Gasteiger partial charge < -0.3 is 9.74 Å².